The third kappa shape index (κ3) is 4.71. The minimum absolute atomic E-state index is 0.106. The molecule has 0 saturated heterocycles. The van der Waals surface area contributed by atoms with Gasteiger partial charge in [0.25, 0.3) is 5.69 Å². The SMILES string of the molecule is CCCCOCCNc1cc([N+](=O)[O-])ccc1C. The molecule has 0 aliphatic heterocycles. The summed E-state index contributed by atoms with van der Waals surface area (Å²) in [6.07, 6.45) is 2.19. The van der Waals surface area contributed by atoms with Crippen molar-refractivity contribution in [1.29, 1.82) is 0 Å². The number of benzene rings is 1. The molecule has 1 rings (SSSR count). The summed E-state index contributed by atoms with van der Waals surface area (Å²) in [5.74, 6) is 0. The molecule has 0 aromatic heterocycles. The molecule has 0 bridgehead atoms. The normalized spacial score (nSPS) is 10.3. The van der Waals surface area contributed by atoms with E-state index in [1.54, 1.807) is 12.1 Å². The highest BCUT2D eigenvalue weighted by molar-refractivity contribution is 5.56. The second kappa shape index (κ2) is 7.66. The van der Waals surface area contributed by atoms with Crippen molar-refractivity contribution >= 4 is 11.4 Å². The minimum atomic E-state index is -0.387. The summed E-state index contributed by atoms with van der Waals surface area (Å²) in [7, 11) is 0. The van der Waals surface area contributed by atoms with Crippen LogP contribution in [0.1, 0.15) is 25.3 Å². The van der Waals surface area contributed by atoms with E-state index in [0.29, 0.717) is 13.2 Å². The Kier molecular flexibility index (Phi) is 6.14. The van der Waals surface area contributed by atoms with Crippen molar-refractivity contribution in [1.82, 2.24) is 0 Å². The van der Waals surface area contributed by atoms with Gasteiger partial charge in [-0.3, -0.25) is 10.1 Å². The molecule has 5 nitrogen and oxygen atoms in total. The number of hydrogen-bond acceptors (Lipinski definition) is 4. The molecular formula is C13H20N2O3. The highest BCUT2D eigenvalue weighted by atomic mass is 16.6. The van der Waals surface area contributed by atoms with Gasteiger partial charge in [0.05, 0.1) is 11.5 Å². The van der Waals surface area contributed by atoms with Crippen molar-refractivity contribution in [3.8, 4) is 0 Å². The van der Waals surface area contributed by atoms with E-state index in [1.165, 1.54) is 6.07 Å². The average molecular weight is 252 g/mol. The summed E-state index contributed by atoms with van der Waals surface area (Å²) in [4.78, 5) is 10.3. The number of ether oxygens (including phenoxy) is 1. The topological polar surface area (TPSA) is 64.4 Å². The van der Waals surface area contributed by atoms with Crippen LogP contribution in [-0.2, 0) is 4.74 Å². The number of nitro benzene ring substituents is 1. The van der Waals surface area contributed by atoms with Crippen LogP contribution < -0.4 is 5.32 Å². The van der Waals surface area contributed by atoms with Gasteiger partial charge in [-0.25, -0.2) is 0 Å². The molecule has 18 heavy (non-hydrogen) atoms. The number of hydrogen-bond donors (Lipinski definition) is 1. The maximum Gasteiger partial charge on any atom is 0.271 e. The van der Waals surface area contributed by atoms with Crippen LogP contribution in [0, 0.1) is 17.0 Å². The first-order valence-electron chi connectivity index (χ1n) is 6.21. The van der Waals surface area contributed by atoms with Gasteiger partial charge >= 0.3 is 0 Å². The fraction of sp³-hybridized carbons (Fsp3) is 0.538. The molecule has 1 N–H and O–H groups in total. The zero-order chi connectivity index (χ0) is 13.4. The van der Waals surface area contributed by atoms with Crippen LogP contribution in [0.3, 0.4) is 0 Å². The summed E-state index contributed by atoms with van der Waals surface area (Å²) in [5.41, 5.74) is 1.90. The molecule has 0 unspecified atom stereocenters. The van der Waals surface area contributed by atoms with E-state index in [4.69, 9.17) is 4.74 Å². The van der Waals surface area contributed by atoms with E-state index in [-0.39, 0.29) is 10.6 Å². The summed E-state index contributed by atoms with van der Waals surface area (Å²) < 4.78 is 5.42. The van der Waals surface area contributed by atoms with E-state index < -0.39 is 0 Å². The lowest BCUT2D eigenvalue weighted by Gasteiger charge is -2.09. The highest BCUT2D eigenvalue weighted by Gasteiger charge is 2.07. The van der Waals surface area contributed by atoms with E-state index >= 15 is 0 Å². The Balaban J connectivity index is 2.41. The molecule has 0 amide bonds. The maximum absolute atomic E-state index is 10.7. The van der Waals surface area contributed by atoms with Crippen molar-refractivity contribution < 1.29 is 9.66 Å². The molecule has 0 atom stereocenters. The second-order valence-electron chi connectivity index (χ2n) is 4.15. The van der Waals surface area contributed by atoms with Gasteiger partial charge in [-0.1, -0.05) is 19.4 Å². The monoisotopic (exact) mass is 252 g/mol. The summed E-state index contributed by atoms with van der Waals surface area (Å²) >= 11 is 0. The lowest BCUT2D eigenvalue weighted by molar-refractivity contribution is -0.384. The van der Waals surface area contributed by atoms with E-state index in [0.717, 1.165) is 30.7 Å². The standard InChI is InChI=1S/C13H20N2O3/c1-3-4-8-18-9-7-14-13-10-12(15(16)17)6-5-11(13)2/h5-6,10,14H,3-4,7-9H2,1-2H3. The Bertz CT molecular complexity index is 394. The Labute approximate surface area is 107 Å². The van der Waals surface area contributed by atoms with Crippen LogP contribution in [0.4, 0.5) is 11.4 Å². The third-order valence-electron chi connectivity index (χ3n) is 2.64. The van der Waals surface area contributed by atoms with Crippen LogP contribution in [0.2, 0.25) is 0 Å². The van der Waals surface area contributed by atoms with E-state index in [1.807, 2.05) is 6.92 Å². The van der Waals surface area contributed by atoms with Gasteiger partial charge in [-0.2, -0.15) is 0 Å². The lowest BCUT2D eigenvalue weighted by Crippen LogP contribution is -2.10. The Morgan fingerprint density at radius 3 is 2.83 bits per heavy atom. The average Bonchev–Trinajstić information content (AvgIpc) is 2.35. The number of aryl methyl sites for hydroxylation is 1. The van der Waals surface area contributed by atoms with Crippen molar-refractivity contribution in [3.05, 3.63) is 33.9 Å². The predicted molar refractivity (Wildman–Crippen MR) is 72.1 cm³/mol. The quantitative estimate of drug-likeness (QED) is 0.438. The Morgan fingerprint density at radius 1 is 1.39 bits per heavy atom. The maximum atomic E-state index is 10.7. The molecule has 0 saturated carbocycles. The molecule has 0 aliphatic carbocycles. The number of non-ortho nitro benzene ring substituents is 1. The van der Waals surface area contributed by atoms with E-state index in [2.05, 4.69) is 12.2 Å². The molecule has 1 aromatic rings. The first kappa shape index (κ1) is 14.4. The third-order valence-corrected chi connectivity index (χ3v) is 2.64. The number of anilines is 1. The zero-order valence-electron chi connectivity index (χ0n) is 10.9. The fourth-order valence-corrected chi connectivity index (χ4v) is 1.52. The van der Waals surface area contributed by atoms with Crippen LogP contribution in [0.15, 0.2) is 18.2 Å². The highest BCUT2D eigenvalue weighted by Crippen LogP contribution is 2.21. The first-order valence-corrected chi connectivity index (χ1v) is 6.21. The zero-order valence-corrected chi connectivity index (χ0v) is 10.9. The van der Waals surface area contributed by atoms with Gasteiger partial charge in [0, 0.05) is 31.0 Å². The smallest absolute Gasteiger partial charge is 0.271 e. The summed E-state index contributed by atoms with van der Waals surface area (Å²) in [6, 6.07) is 4.82. The van der Waals surface area contributed by atoms with Crippen LogP contribution in [0.5, 0.6) is 0 Å². The number of nitrogens with one attached hydrogen (secondary N) is 1. The first-order chi connectivity index (χ1) is 8.65. The molecule has 0 radical (unpaired) electrons. The number of rotatable bonds is 8. The minimum Gasteiger partial charge on any atom is -0.382 e. The number of unbranched alkanes of at least 4 members (excludes halogenated alkanes) is 1. The van der Waals surface area contributed by atoms with Crippen molar-refractivity contribution in [2.45, 2.75) is 26.7 Å². The summed E-state index contributed by atoms with van der Waals surface area (Å²) in [5, 5.41) is 13.8. The second-order valence-corrected chi connectivity index (χ2v) is 4.15. The van der Waals surface area contributed by atoms with Gasteiger partial charge in [0.15, 0.2) is 0 Å². The molecule has 5 heteroatoms. The van der Waals surface area contributed by atoms with Crippen LogP contribution in [-0.4, -0.2) is 24.7 Å². The Hall–Kier alpha value is -1.62. The van der Waals surface area contributed by atoms with Crippen LogP contribution >= 0.6 is 0 Å². The molecule has 100 valence electrons. The number of nitro groups is 1. The lowest BCUT2D eigenvalue weighted by atomic mass is 10.2. The van der Waals surface area contributed by atoms with Crippen LogP contribution in [0.25, 0.3) is 0 Å². The van der Waals surface area contributed by atoms with Crippen molar-refractivity contribution in [2.75, 3.05) is 25.1 Å². The van der Waals surface area contributed by atoms with E-state index in [9.17, 15) is 10.1 Å². The fourth-order valence-electron chi connectivity index (χ4n) is 1.52. The van der Waals surface area contributed by atoms with Gasteiger partial charge < -0.3 is 10.1 Å². The number of nitrogens with zero attached hydrogens (tertiary/aromatic N) is 1. The molecule has 1 aromatic carbocycles. The van der Waals surface area contributed by atoms with Gasteiger partial charge in [-0.15, -0.1) is 0 Å². The molecule has 0 spiro atoms. The van der Waals surface area contributed by atoms with Crippen molar-refractivity contribution in [3.63, 3.8) is 0 Å². The predicted octanol–water partition coefficient (Wildman–Crippen LogP) is 3.13. The molecule has 0 fully saturated rings. The van der Waals surface area contributed by atoms with Crippen molar-refractivity contribution in [2.24, 2.45) is 0 Å². The Morgan fingerprint density at radius 2 is 2.17 bits per heavy atom. The largest absolute Gasteiger partial charge is 0.382 e. The van der Waals surface area contributed by atoms with Gasteiger partial charge in [-0.05, 0) is 18.9 Å². The van der Waals surface area contributed by atoms with Gasteiger partial charge in [0.2, 0.25) is 0 Å². The molecular weight excluding hydrogens is 232 g/mol. The van der Waals surface area contributed by atoms with Gasteiger partial charge in [0.1, 0.15) is 0 Å². The molecule has 0 heterocycles. The summed E-state index contributed by atoms with van der Waals surface area (Å²) in [6.45, 7) is 6.08. The molecule has 0 aliphatic rings.